The summed E-state index contributed by atoms with van der Waals surface area (Å²) in [5.74, 6) is -0.219. The Kier molecular flexibility index (Phi) is 3.89. The normalized spacial score (nSPS) is 18.9. The van der Waals surface area contributed by atoms with Crippen LogP contribution in [0.4, 0.5) is 0 Å². The number of carbonyl (C=O) groups excluding carboxylic acids is 2. The van der Waals surface area contributed by atoms with E-state index in [4.69, 9.17) is 11.6 Å². The smallest absolute Gasteiger partial charge is 0.235 e. The quantitative estimate of drug-likeness (QED) is 0.790. The van der Waals surface area contributed by atoms with E-state index in [1.807, 2.05) is 24.3 Å². The summed E-state index contributed by atoms with van der Waals surface area (Å²) in [6, 6.07) is 7.87. The molecule has 0 atom stereocenters. The Bertz CT molecular complexity index is 548. The molecular weight excluding hydrogens is 288 g/mol. The van der Waals surface area contributed by atoms with Gasteiger partial charge in [-0.2, -0.15) is 0 Å². The lowest BCUT2D eigenvalue weighted by Crippen LogP contribution is -2.44. The first kappa shape index (κ1) is 14.4. The molecule has 2 fully saturated rings. The predicted octanol–water partition coefficient (Wildman–Crippen LogP) is 2.06. The molecule has 4 nitrogen and oxygen atoms in total. The summed E-state index contributed by atoms with van der Waals surface area (Å²) in [5, 5.41) is 6.53. The zero-order valence-corrected chi connectivity index (χ0v) is 12.6. The lowest BCUT2D eigenvalue weighted by atomic mass is 10.0. The van der Waals surface area contributed by atoms with Gasteiger partial charge in [-0.15, -0.1) is 0 Å². The molecule has 0 aromatic heterocycles. The highest BCUT2D eigenvalue weighted by atomic mass is 35.5. The Balaban J connectivity index is 1.47. The highest BCUT2D eigenvalue weighted by Gasteiger charge is 2.57. The van der Waals surface area contributed by atoms with Crippen molar-refractivity contribution in [3.63, 3.8) is 0 Å². The molecule has 1 aromatic rings. The molecule has 0 saturated heterocycles. The fourth-order valence-electron chi connectivity index (χ4n) is 2.37. The van der Waals surface area contributed by atoms with Gasteiger partial charge in [0.05, 0.1) is 0 Å². The third kappa shape index (κ3) is 3.38. The summed E-state index contributed by atoms with van der Waals surface area (Å²) in [4.78, 5) is 24.3. The number of hydrogen-bond acceptors (Lipinski definition) is 2. The van der Waals surface area contributed by atoms with Gasteiger partial charge in [-0.05, 0) is 49.8 Å². The van der Waals surface area contributed by atoms with Crippen LogP contribution in [0.1, 0.15) is 31.2 Å². The van der Waals surface area contributed by atoms with E-state index < -0.39 is 5.41 Å². The van der Waals surface area contributed by atoms with Crippen molar-refractivity contribution in [2.24, 2.45) is 5.41 Å². The second-order valence-electron chi connectivity index (χ2n) is 5.96. The van der Waals surface area contributed by atoms with Crippen LogP contribution in [-0.2, 0) is 16.0 Å². The molecule has 1 aromatic carbocycles. The largest absolute Gasteiger partial charge is 0.355 e. The molecule has 112 valence electrons. The average Bonchev–Trinajstić information content (AvgIpc) is 3.35. The average molecular weight is 307 g/mol. The van der Waals surface area contributed by atoms with E-state index in [0.717, 1.165) is 24.8 Å². The summed E-state index contributed by atoms with van der Waals surface area (Å²) in [7, 11) is 0. The minimum Gasteiger partial charge on any atom is -0.355 e. The molecule has 3 rings (SSSR count). The number of benzene rings is 1. The second-order valence-corrected chi connectivity index (χ2v) is 6.40. The lowest BCUT2D eigenvalue weighted by molar-refractivity contribution is -0.137. The third-order valence-corrected chi connectivity index (χ3v) is 4.40. The number of hydrogen-bond donors (Lipinski definition) is 2. The molecule has 0 heterocycles. The van der Waals surface area contributed by atoms with Crippen molar-refractivity contribution in [3.05, 3.63) is 34.9 Å². The molecule has 0 unspecified atom stereocenters. The molecule has 2 aliphatic rings. The second kappa shape index (κ2) is 5.68. The molecule has 0 spiro atoms. The Morgan fingerprint density at radius 2 is 1.81 bits per heavy atom. The fourth-order valence-corrected chi connectivity index (χ4v) is 2.50. The van der Waals surface area contributed by atoms with Crippen molar-refractivity contribution in [2.45, 2.75) is 38.1 Å². The summed E-state index contributed by atoms with van der Waals surface area (Å²) in [5.41, 5.74) is 0.328. The van der Waals surface area contributed by atoms with Gasteiger partial charge in [0.15, 0.2) is 0 Å². The zero-order chi connectivity index (χ0) is 14.9. The summed E-state index contributed by atoms with van der Waals surface area (Å²) >= 11 is 5.83. The molecule has 0 radical (unpaired) electrons. The predicted molar refractivity (Wildman–Crippen MR) is 81.0 cm³/mol. The van der Waals surface area contributed by atoms with Gasteiger partial charge in [0, 0.05) is 17.6 Å². The van der Waals surface area contributed by atoms with E-state index in [1.165, 1.54) is 0 Å². The van der Waals surface area contributed by atoms with E-state index in [0.29, 0.717) is 30.5 Å². The number of rotatable bonds is 6. The van der Waals surface area contributed by atoms with Gasteiger partial charge in [-0.25, -0.2) is 0 Å². The maximum atomic E-state index is 12.2. The molecule has 2 saturated carbocycles. The van der Waals surface area contributed by atoms with Crippen molar-refractivity contribution in [1.82, 2.24) is 10.6 Å². The van der Waals surface area contributed by atoms with Crippen LogP contribution in [0, 0.1) is 5.41 Å². The van der Waals surface area contributed by atoms with E-state index in [-0.39, 0.29) is 11.8 Å². The maximum absolute atomic E-state index is 12.2. The van der Waals surface area contributed by atoms with E-state index in [9.17, 15) is 9.59 Å². The van der Waals surface area contributed by atoms with Crippen molar-refractivity contribution in [3.8, 4) is 0 Å². The van der Waals surface area contributed by atoms with E-state index in [1.54, 1.807) is 0 Å². The van der Waals surface area contributed by atoms with Crippen LogP contribution in [-0.4, -0.2) is 24.4 Å². The number of nitrogens with one attached hydrogen (secondary N) is 2. The van der Waals surface area contributed by atoms with Crippen molar-refractivity contribution >= 4 is 23.4 Å². The lowest BCUT2D eigenvalue weighted by Gasteiger charge is -2.15. The van der Waals surface area contributed by atoms with E-state index in [2.05, 4.69) is 10.6 Å². The Morgan fingerprint density at radius 3 is 2.38 bits per heavy atom. The van der Waals surface area contributed by atoms with E-state index >= 15 is 0 Å². The molecule has 0 bridgehead atoms. The van der Waals surface area contributed by atoms with Crippen LogP contribution in [0.25, 0.3) is 0 Å². The van der Waals surface area contributed by atoms with Gasteiger partial charge in [0.1, 0.15) is 5.41 Å². The first-order valence-corrected chi connectivity index (χ1v) is 7.82. The monoisotopic (exact) mass is 306 g/mol. The molecule has 2 amide bonds. The van der Waals surface area contributed by atoms with Crippen LogP contribution < -0.4 is 10.6 Å². The molecule has 21 heavy (non-hydrogen) atoms. The topological polar surface area (TPSA) is 58.2 Å². The summed E-state index contributed by atoms with van der Waals surface area (Å²) in [6.07, 6.45) is 4.15. The van der Waals surface area contributed by atoms with Gasteiger partial charge >= 0.3 is 0 Å². The number of carbonyl (C=O) groups is 2. The van der Waals surface area contributed by atoms with Crippen LogP contribution in [0.15, 0.2) is 24.3 Å². The van der Waals surface area contributed by atoms with Crippen LogP contribution in [0.2, 0.25) is 5.02 Å². The Morgan fingerprint density at radius 1 is 1.14 bits per heavy atom. The number of amides is 2. The molecule has 2 N–H and O–H groups in total. The van der Waals surface area contributed by atoms with Gasteiger partial charge in [0.2, 0.25) is 11.8 Å². The van der Waals surface area contributed by atoms with Crippen molar-refractivity contribution < 1.29 is 9.59 Å². The Hall–Kier alpha value is -1.55. The fraction of sp³-hybridized carbons (Fsp3) is 0.500. The summed E-state index contributed by atoms with van der Waals surface area (Å²) in [6.45, 7) is 0.541. The van der Waals surface area contributed by atoms with Crippen molar-refractivity contribution in [1.29, 1.82) is 0 Å². The van der Waals surface area contributed by atoms with Crippen LogP contribution in [0.5, 0.6) is 0 Å². The van der Waals surface area contributed by atoms with Gasteiger partial charge in [-0.3, -0.25) is 9.59 Å². The Labute approximate surface area is 129 Å². The summed E-state index contributed by atoms with van der Waals surface area (Å²) < 4.78 is 0. The first-order valence-electron chi connectivity index (χ1n) is 7.44. The highest BCUT2D eigenvalue weighted by molar-refractivity contribution is 6.30. The zero-order valence-electron chi connectivity index (χ0n) is 11.8. The standard InChI is InChI=1S/C16H19ClN2O2/c17-12-3-1-11(2-4-12)7-10-18-14(20)16(8-9-16)15(21)19-13-5-6-13/h1-4,13H,5-10H2,(H,18,20)(H,19,21). The molecule has 2 aliphatic carbocycles. The van der Waals surface area contributed by atoms with Gasteiger partial charge in [-0.1, -0.05) is 23.7 Å². The molecule has 5 heteroatoms. The maximum Gasteiger partial charge on any atom is 0.235 e. The number of halogens is 1. The minimum atomic E-state index is -0.789. The first-order chi connectivity index (χ1) is 10.1. The van der Waals surface area contributed by atoms with Crippen LogP contribution in [0.3, 0.4) is 0 Å². The SMILES string of the molecule is O=C(NCCc1ccc(Cl)cc1)C1(C(=O)NC2CC2)CC1. The highest BCUT2D eigenvalue weighted by Crippen LogP contribution is 2.46. The van der Waals surface area contributed by atoms with Crippen LogP contribution >= 0.6 is 11.6 Å². The molecule has 0 aliphatic heterocycles. The third-order valence-electron chi connectivity index (χ3n) is 4.14. The van der Waals surface area contributed by atoms with Crippen molar-refractivity contribution in [2.75, 3.05) is 6.54 Å². The minimum absolute atomic E-state index is 0.0889. The molecular formula is C16H19ClN2O2. The van der Waals surface area contributed by atoms with Gasteiger partial charge < -0.3 is 10.6 Å². The van der Waals surface area contributed by atoms with Gasteiger partial charge in [0.25, 0.3) is 0 Å².